The number of hydrogen-bond donors (Lipinski definition) is 0. The molecule has 0 saturated heterocycles. The number of hydrogen-bond acceptors (Lipinski definition) is 2. The van der Waals surface area contributed by atoms with Crippen molar-refractivity contribution in [3.8, 4) is 0 Å². The average Bonchev–Trinajstić information content (AvgIpc) is 2.69. The van der Waals surface area contributed by atoms with Crippen LogP contribution in [0.3, 0.4) is 0 Å². The topological polar surface area (TPSA) is 15.6 Å². The Morgan fingerprint density at radius 1 is 0.708 bits per heavy atom. The van der Waals surface area contributed by atoms with E-state index in [-0.39, 0.29) is 6.04 Å². The van der Waals surface area contributed by atoms with E-state index in [9.17, 15) is 0 Å². The molecule has 0 aromatic heterocycles. The van der Waals surface area contributed by atoms with Crippen molar-refractivity contribution in [2.75, 3.05) is 5.01 Å². The van der Waals surface area contributed by atoms with E-state index in [2.05, 4.69) is 89.9 Å². The summed E-state index contributed by atoms with van der Waals surface area (Å²) in [7, 11) is 0. The molecule has 0 N–H and O–H groups in total. The van der Waals surface area contributed by atoms with Gasteiger partial charge in [-0.05, 0) is 36.1 Å². The molecule has 2 nitrogen and oxygen atoms in total. The molecule has 4 rings (SSSR count). The van der Waals surface area contributed by atoms with Gasteiger partial charge in [0.05, 0.1) is 17.4 Å². The summed E-state index contributed by atoms with van der Waals surface area (Å²) in [5.74, 6) is 0. The third-order valence-electron chi connectivity index (χ3n) is 4.49. The monoisotopic (exact) mass is 312 g/mol. The zero-order valence-electron chi connectivity index (χ0n) is 13.5. The van der Waals surface area contributed by atoms with E-state index in [0.717, 1.165) is 24.2 Å². The van der Waals surface area contributed by atoms with Crippen LogP contribution < -0.4 is 5.01 Å². The number of anilines is 1. The summed E-state index contributed by atoms with van der Waals surface area (Å²) in [4.78, 5) is 0. The third-order valence-corrected chi connectivity index (χ3v) is 4.49. The zero-order chi connectivity index (χ0) is 16.2. The van der Waals surface area contributed by atoms with Crippen LogP contribution >= 0.6 is 0 Å². The van der Waals surface area contributed by atoms with Crippen molar-refractivity contribution in [3.63, 3.8) is 0 Å². The Balaban J connectivity index is 1.76. The van der Waals surface area contributed by atoms with E-state index in [4.69, 9.17) is 5.10 Å². The first-order valence-corrected chi connectivity index (χ1v) is 8.44. The average molecular weight is 312 g/mol. The minimum Gasteiger partial charge on any atom is -0.258 e. The Kier molecular flexibility index (Phi) is 4.11. The summed E-state index contributed by atoms with van der Waals surface area (Å²) in [5, 5.41) is 7.21. The first-order chi connectivity index (χ1) is 11.9. The SMILES string of the molecule is c1ccc(C2=NN(c3ccccc3)C(c3ccccc3)CC2)cc1. The van der Waals surface area contributed by atoms with Gasteiger partial charge < -0.3 is 0 Å². The van der Waals surface area contributed by atoms with Crippen LogP contribution in [-0.4, -0.2) is 5.71 Å². The Bertz CT molecular complexity index is 810. The fraction of sp³-hybridized carbons (Fsp3) is 0.136. The molecular weight excluding hydrogens is 292 g/mol. The van der Waals surface area contributed by atoms with Gasteiger partial charge in [0.15, 0.2) is 0 Å². The van der Waals surface area contributed by atoms with Gasteiger partial charge in [-0.2, -0.15) is 5.10 Å². The molecule has 0 fully saturated rings. The Morgan fingerprint density at radius 2 is 1.29 bits per heavy atom. The van der Waals surface area contributed by atoms with Crippen LogP contribution in [0.5, 0.6) is 0 Å². The van der Waals surface area contributed by atoms with E-state index in [1.807, 2.05) is 6.07 Å². The lowest BCUT2D eigenvalue weighted by Crippen LogP contribution is -2.30. The molecule has 2 heteroatoms. The lowest BCUT2D eigenvalue weighted by Gasteiger charge is -2.34. The summed E-state index contributed by atoms with van der Waals surface area (Å²) < 4.78 is 0. The van der Waals surface area contributed by atoms with E-state index >= 15 is 0 Å². The predicted octanol–water partition coefficient (Wildman–Crippen LogP) is 5.43. The van der Waals surface area contributed by atoms with Crippen molar-refractivity contribution in [1.29, 1.82) is 0 Å². The maximum Gasteiger partial charge on any atom is 0.0779 e. The van der Waals surface area contributed by atoms with Gasteiger partial charge >= 0.3 is 0 Å². The second kappa shape index (κ2) is 6.71. The molecule has 0 bridgehead atoms. The van der Waals surface area contributed by atoms with E-state index < -0.39 is 0 Å². The standard InChI is InChI=1S/C22H20N2/c1-4-10-18(11-5-1)21-16-17-22(19-12-6-2-7-13-19)24(23-21)20-14-8-3-9-15-20/h1-15,22H,16-17H2. The number of hydrazone groups is 1. The van der Waals surface area contributed by atoms with E-state index in [1.165, 1.54) is 11.1 Å². The molecular formula is C22H20N2. The summed E-state index contributed by atoms with van der Waals surface area (Å²) >= 11 is 0. The van der Waals surface area contributed by atoms with Crippen molar-refractivity contribution in [2.24, 2.45) is 5.10 Å². The van der Waals surface area contributed by atoms with E-state index in [1.54, 1.807) is 0 Å². The first kappa shape index (κ1) is 14.7. The number of rotatable bonds is 3. The lowest BCUT2D eigenvalue weighted by molar-refractivity contribution is 0.578. The molecule has 0 radical (unpaired) electrons. The van der Waals surface area contributed by atoms with Crippen molar-refractivity contribution >= 4 is 11.4 Å². The molecule has 1 unspecified atom stereocenters. The fourth-order valence-corrected chi connectivity index (χ4v) is 3.28. The maximum absolute atomic E-state index is 5.03. The molecule has 1 atom stereocenters. The Labute approximate surface area is 143 Å². The quantitative estimate of drug-likeness (QED) is 0.629. The number of nitrogens with zero attached hydrogens (tertiary/aromatic N) is 2. The highest BCUT2D eigenvalue weighted by atomic mass is 15.5. The minimum atomic E-state index is 0.279. The lowest BCUT2D eigenvalue weighted by atomic mass is 9.95. The molecule has 3 aromatic rings. The molecule has 0 saturated carbocycles. The molecule has 0 spiro atoms. The molecule has 1 aliphatic heterocycles. The second-order valence-corrected chi connectivity index (χ2v) is 6.06. The van der Waals surface area contributed by atoms with Gasteiger partial charge in [-0.3, -0.25) is 5.01 Å². The minimum absolute atomic E-state index is 0.279. The number of benzene rings is 3. The Morgan fingerprint density at radius 3 is 1.96 bits per heavy atom. The van der Waals surface area contributed by atoms with Crippen molar-refractivity contribution in [1.82, 2.24) is 0 Å². The molecule has 118 valence electrons. The van der Waals surface area contributed by atoms with Crippen LogP contribution in [0.1, 0.15) is 30.0 Å². The van der Waals surface area contributed by atoms with Crippen molar-refractivity contribution < 1.29 is 0 Å². The summed E-state index contributed by atoms with van der Waals surface area (Å²) in [6.07, 6.45) is 2.06. The van der Waals surface area contributed by atoms with Gasteiger partial charge in [0.25, 0.3) is 0 Å². The summed E-state index contributed by atoms with van der Waals surface area (Å²) in [5.41, 5.74) is 4.83. The molecule has 0 aliphatic carbocycles. The maximum atomic E-state index is 5.03. The van der Waals surface area contributed by atoms with E-state index in [0.29, 0.717) is 0 Å². The molecule has 0 amide bonds. The fourth-order valence-electron chi connectivity index (χ4n) is 3.28. The summed E-state index contributed by atoms with van der Waals surface area (Å²) in [6.45, 7) is 0. The molecule has 3 aromatic carbocycles. The highest BCUT2D eigenvalue weighted by Gasteiger charge is 2.26. The van der Waals surface area contributed by atoms with Crippen LogP contribution in [0.15, 0.2) is 96.1 Å². The van der Waals surface area contributed by atoms with Gasteiger partial charge in [-0.1, -0.05) is 78.9 Å². The summed E-state index contributed by atoms with van der Waals surface area (Å²) in [6, 6.07) is 31.9. The van der Waals surface area contributed by atoms with Crippen molar-refractivity contribution in [3.05, 3.63) is 102 Å². The van der Waals surface area contributed by atoms with Crippen LogP contribution in [-0.2, 0) is 0 Å². The second-order valence-electron chi connectivity index (χ2n) is 6.06. The van der Waals surface area contributed by atoms with Gasteiger partial charge in [0.1, 0.15) is 0 Å². The smallest absolute Gasteiger partial charge is 0.0779 e. The Hall–Kier alpha value is -2.87. The van der Waals surface area contributed by atoms with Gasteiger partial charge in [0, 0.05) is 0 Å². The van der Waals surface area contributed by atoms with Gasteiger partial charge in [-0.25, -0.2) is 0 Å². The molecule has 1 aliphatic rings. The first-order valence-electron chi connectivity index (χ1n) is 8.44. The molecule has 1 heterocycles. The van der Waals surface area contributed by atoms with Crippen LogP contribution in [0.25, 0.3) is 0 Å². The van der Waals surface area contributed by atoms with Crippen molar-refractivity contribution in [2.45, 2.75) is 18.9 Å². The highest BCUT2D eigenvalue weighted by molar-refractivity contribution is 6.01. The van der Waals surface area contributed by atoms with Crippen LogP contribution in [0.4, 0.5) is 5.69 Å². The van der Waals surface area contributed by atoms with Crippen LogP contribution in [0.2, 0.25) is 0 Å². The highest BCUT2D eigenvalue weighted by Crippen LogP contribution is 2.35. The van der Waals surface area contributed by atoms with Crippen LogP contribution in [0, 0.1) is 0 Å². The largest absolute Gasteiger partial charge is 0.258 e. The third kappa shape index (κ3) is 2.95. The number of para-hydroxylation sites is 1. The molecule has 24 heavy (non-hydrogen) atoms. The van der Waals surface area contributed by atoms with Gasteiger partial charge in [0.2, 0.25) is 0 Å². The predicted molar refractivity (Wildman–Crippen MR) is 100 cm³/mol. The normalized spacial score (nSPS) is 17.4. The zero-order valence-corrected chi connectivity index (χ0v) is 13.5. The van der Waals surface area contributed by atoms with Gasteiger partial charge in [-0.15, -0.1) is 0 Å².